The number of aryl methyl sites for hydroxylation is 1. The molecule has 0 saturated heterocycles. The van der Waals surface area contributed by atoms with Gasteiger partial charge in [0.15, 0.2) is 0 Å². The molecule has 25 heavy (non-hydrogen) atoms. The Morgan fingerprint density at radius 1 is 1.28 bits per heavy atom. The Balaban J connectivity index is 1.71. The lowest BCUT2D eigenvalue weighted by molar-refractivity contribution is -0.385. The molecule has 6 nitrogen and oxygen atoms in total. The minimum absolute atomic E-state index is 0.0309. The predicted octanol–water partition coefficient (Wildman–Crippen LogP) is 4.50. The molecule has 0 bridgehead atoms. The molecule has 3 aromatic rings. The van der Waals surface area contributed by atoms with Crippen LogP contribution >= 0.6 is 0 Å². The van der Waals surface area contributed by atoms with Gasteiger partial charge in [-0.3, -0.25) is 14.9 Å². The molecule has 0 unspecified atom stereocenters. The van der Waals surface area contributed by atoms with Crippen molar-refractivity contribution in [2.24, 2.45) is 0 Å². The zero-order chi connectivity index (χ0) is 18.0. The van der Waals surface area contributed by atoms with Crippen LogP contribution in [0.4, 0.5) is 5.69 Å². The summed E-state index contributed by atoms with van der Waals surface area (Å²) in [6.07, 6.45) is 1.06. The molecule has 0 N–H and O–H groups in total. The summed E-state index contributed by atoms with van der Waals surface area (Å²) in [7, 11) is 0. The van der Waals surface area contributed by atoms with Gasteiger partial charge in [0.05, 0.1) is 17.6 Å². The number of carbonyl (C=O) groups excluding carboxylic acids is 1. The van der Waals surface area contributed by atoms with E-state index in [-0.39, 0.29) is 12.1 Å². The van der Waals surface area contributed by atoms with Gasteiger partial charge in [-0.1, -0.05) is 24.3 Å². The second-order valence-electron chi connectivity index (χ2n) is 5.92. The van der Waals surface area contributed by atoms with Crippen molar-refractivity contribution in [2.45, 2.75) is 26.4 Å². The lowest BCUT2D eigenvalue weighted by atomic mass is 10.1. The number of rotatable bonds is 5. The summed E-state index contributed by atoms with van der Waals surface area (Å²) in [5.74, 6) is -0.415. The Morgan fingerprint density at radius 2 is 2.08 bits per heavy atom. The Morgan fingerprint density at radius 3 is 2.84 bits per heavy atom. The number of furan rings is 1. The molecule has 0 radical (unpaired) electrons. The molecular formula is C19H17NO5. The lowest BCUT2D eigenvalue weighted by Gasteiger charge is -2.13. The second kappa shape index (κ2) is 6.76. The number of non-ortho nitro benzene ring substituents is 1. The first-order valence-electron chi connectivity index (χ1n) is 7.84. The van der Waals surface area contributed by atoms with Crippen LogP contribution in [0.1, 0.15) is 29.7 Å². The van der Waals surface area contributed by atoms with Gasteiger partial charge in [-0.2, -0.15) is 0 Å². The highest BCUT2D eigenvalue weighted by atomic mass is 16.6. The number of esters is 1. The van der Waals surface area contributed by atoms with Crippen molar-refractivity contribution < 1.29 is 18.9 Å². The molecule has 0 amide bonds. The Kier molecular flexibility index (Phi) is 4.52. The molecule has 0 spiro atoms. The maximum Gasteiger partial charge on any atom is 0.311 e. The zero-order valence-corrected chi connectivity index (χ0v) is 13.9. The number of nitro benzene ring substituents is 1. The highest BCUT2D eigenvalue weighted by Crippen LogP contribution is 2.25. The highest BCUT2D eigenvalue weighted by Gasteiger charge is 2.17. The van der Waals surface area contributed by atoms with Crippen molar-refractivity contribution in [3.63, 3.8) is 0 Å². The van der Waals surface area contributed by atoms with Gasteiger partial charge >= 0.3 is 5.97 Å². The third-order valence-corrected chi connectivity index (χ3v) is 4.00. The number of hydrogen-bond acceptors (Lipinski definition) is 5. The minimum atomic E-state index is -0.576. The summed E-state index contributed by atoms with van der Waals surface area (Å²) in [6.45, 7) is 3.66. The first-order chi connectivity index (χ1) is 11.9. The second-order valence-corrected chi connectivity index (χ2v) is 5.92. The van der Waals surface area contributed by atoms with Crippen molar-refractivity contribution in [1.29, 1.82) is 0 Å². The van der Waals surface area contributed by atoms with Crippen molar-refractivity contribution in [3.05, 3.63) is 75.5 Å². The Labute approximate surface area is 144 Å². The summed E-state index contributed by atoms with van der Waals surface area (Å²) >= 11 is 0. The van der Waals surface area contributed by atoms with Crippen LogP contribution in [-0.2, 0) is 16.0 Å². The van der Waals surface area contributed by atoms with Gasteiger partial charge in [-0.05, 0) is 31.0 Å². The van der Waals surface area contributed by atoms with Crippen molar-refractivity contribution >= 4 is 22.6 Å². The summed E-state index contributed by atoms with van der Waals surface area (Å²) in [4.78, 5) is 22.6. The number of benzene rings is 2. The van der Waals surface area contributed by atoms with E-state index in [1.165, 1.54) is 12.1 Å². The molecule has 3 rings (SSSR count). The van der Waals surface area contributed by atoms with Crippen LogP contribution in [0.2, 0.25) is 0 Å². The van der Waals surface area contributed by atoms with E-state index in [0.717, 1.165) is 22.1 Å². The number of ether oxygens (including phenoxy) is 1. The van der Waals surface area contributed by atoms with Crippen LogP contribution in [0.3, 0.4) is 0 Å². The molecular weight excluding hydrogens is 322 g/mol. The third kappa shape index (κ3) is 3.68. The topological polar surface area (TPSA) is 82.6 Å². The van der Waals surface area contributed by atoms with Crippen molar-refractivity contribution in [1.82, 2.24) is 0 Å². The fraction of sp³-hybridized carbons (Fsp3) is 0.211. The minimum Gasteiger partial charge on any atom is -0.464 e. The average Bonchev–Trinajstić information content (AvgIpc) is 2.96. The van der Waals surface area contributed by atoms with Gasteiger partial charge in [0, 0.05) is 23.1 Å². The van der Waals surface area contributed by atoms with E-state index in [1.807, 2.05) is 25.1 Å². The van der Waals surface area contributed by atoms with Crippen LogP contribution in [0.15, 0.2) is 53.1 Å². The van der Waals surface area contributed by atoms with E-state index in [4.69, 9.17) is 9.15 Å². The first kappa shape index (κ1) is 16.7. The highest BCUT2D eigenvalue weighted by molar-refractivity contribution is 5.86. The number of nitro groups is 1. The molecule has 1 heterocycles. The largest absolute Gasteiger partial charge is 0.464 e. The molecule has 0 saturated carbocycles. The van der Waals surface area contributed by atoms with Crippen molar-refractivity contribution in [3.8, 4) is 0 Å². The van der Waals surface area contributed by atoms with Crippen LogP contribution in [-0.4, -0.2) is 10.9 Å². The zero-order valence-electron chi connectivity index (χ0n) is 13.9. The van der Waals surface area contributed by atoms with E-state index in [9.17, 15) is 14.9 Å². The van der Waals surface area contributed by atoms with E-state index < -0.39 is 17.0 Å². The molecule has 128 valence electrons. The maximum absolute atomic E-state index is 12.2. The van der Waals surface area contributed by atoms with Crippen LogP contribution in [0.25, 0.3) is 11.0 Å². The number of fused-ring (bicyclic) bond motifs is 1. The van der Waals surface area contributed by atoms with Gasteiger partial charge in [-0.15, -0.1) is 0 Å². The summed E-state index contributed by atoms with van der Waals surface area (Å²) in [5.41, 5.74) is 3.11. The average molecular weight is 339 g/mol. The van der Waals surface area contributed by atoms with Crippen molar-refractivity contribution in [2.75, 3.05) is 0 Å². The normalized spacial score (nSPS) is 12.1. The van der Waals surface area contributed by atoms with Gasteiger partial charge in [0.1, 0.15) is 11.7 Å². The molecule has 2 aromatic carbocycles. The van der Waals surface area contributed by atoms with E-state index in [1.54, 1.807) is 25.3 Å². The molecule has 1 atom stereocenters. The molecule has 1 aromatic heterocycles. The quantitative estimate of drug-likeness (QED) is 0.388. The molecule has 0 aliphatic heterocycles. The van der Waals surface area contributed by atoms with Crippen LogP contribution in [0, 0.1) is 17.0 Å². The first-order valence-corrected chi connectivity index (χ1v) is 7.84. The Hall–Kier alpha value is -3.15. The summed E-state index contributed by atoms with van der Waals surface area (Å²) in [6, 6.07) is 11.9. The van der Waals surface area contributed by atoms with Crippen LogP contribution in [0.5, 0.6) is 0 Å². The van der Waals surface area contributed by atoms with Gasteiger partial charge in [0.25, 0.3) is 5.69 Å². The fourth-order valence-corrected chi connectivity index (χ4v) is 2.68. The number of hydrogen-bond donors (Lipinski definition) is 0. The number of carbonyl (C=O) groups is 1. The smallest absolute Gasteiger partial charge is 0.311 e. The molecule has 0 fully saturated rings. The Bertz CT molecular complexity index is 944. The van der Waals surface area contributed by atoms with Gasteiger partial charge < -0.3 is 9.15 Å². The van der Waals surface area contributed by atoms with E-state index in [2.05, 4.69) is 0 Å². The van der Waals surface area contributed by atoms with E-state index >= 15 is 0 Å². The predicted molar refractivity (Wildman–Crippen MR) is 92.3 cm³/mol. The molecule has 6 heteroatoms. The van der Waals surface area contributed by atoms with Gasteiger partial charge in [0.2, 0.25) is 0 Å². The standard InChI is InChI=1S/C19H17NO5/c1-12-6-7-17-15(11-24-18(17)8-12)10-19(21)25-13(2)14-4-3-5-16(9-14)20(22)23/h3-9,11,13H,10H2,1-2H3/t13-/m1/s1. The summed E-state index contributed by atoms with van der Waals surface area (Å²) in [5, 5.41) is 11.7. The van der Waals surface area contributed by atoms with Crippen LogP contribution < -0.4 is 0 Å². The van der Waals surface area contributed by atoms with E-state index in [0.29, 0.717) is 5.56 Å². The summed E-state index contributed by atoms with van der Waals surface area (Å²) < 4.78 is 10.9. The monoisotopic (exact) mass is 339 g/mol. The maximum atomic E-state index is 12.2. The third-order valence-electron chi connectivity index (χ3n) is 4.00. The number of nitrogens with zero attached hydrogens (tertiary/aromatic N) is 1. The molecule has 0 aliphatic rings. The lowest BCUT2D eigenvalue weighted by Crippen LogP contribution is -2.11. The fourth-order valence-electron chi connectivity index (χ4n) is 2.68. The molecule has 0 aliphatic carbocycles. The van der Waals surface area contributed by atoms with Gasteiger partial charge in [-0.25, -0.2) is 0 Å². The SMILES string of the molecule is Cc1ccc2c(CC(=O)O[C@H](C)c3cccc([N+](=O)[O-])c3)coc2c1.